The quantitative estimate of drug-likeness (QED) is 0.869. The van der Waals surface area contributed by atoms with Crippen molar-refractivity contribution in [1.82, 2.24) is 15.1 Å². The van der Waals surface area contributed by atoms with E-state index in [0.717, 1.165) is 4.47 Å². The Bertz CT molecular complexity index is 488. The van der Waals surface area contributed by atoms with Gasteiger partial charge >= 0.3 is 0 Å². The molecule has 2 aromatic rings. The Kier molecular flexibility index (Phi) is 3.28. The smallest absolute Gasteiger partial charge is 0.246 e. The molecular formula is C9H9BrN4O2. The van der Waals surface area contributed by atoms with Crippen molar-refractivity contribution in [2.75, 3.05) is 6.61 Å². The highest BCUT2D eigenvalue weighted by Gasteiger charge is 2.16. The van der Waals surface area contributed by atoms with Gasteiger partial charge in [0, 0.05) is 10.7 Å². The van der Waals surface area contributed by atoms with Gasteiger partial charge in [0.05, 0.1) is 6.61 Å². The minimum absolute atomic E-state index is 0.190. The molecule has 2 rings (SSSR count). The molecule has 0 saturated carbocycles. The van der Waals surface area contributed by atoms with Crippen LogP contribution in [0.3, 0.4) is 0 Å². The van der Waals surface area contributed by atoms with E-state index < -0.39 is 6.04 Å². The number of hydrogen-bond acceptors (Lipinski definition) is 6. The van der Waals surface area contributed by atoms with Crippen LogP contribution in [0.1, 0.15) is 11.9 Å². The highest BCUT2D eigenvalue weighted by Crippen LogP contribution is 2.23. The van der Waals surface area contributed by atoms with Crippen molar-refractivity contribution in [2.45, 2.75) is 6.04 Å². The van der Waals surface area contributed by atoms with Crippen LogP contribution in [0, 0.1) is 0 Å². The van der Waals surface area contributed by atoms with Crippen LogP contribution in [0.25, 0.3) is 11.5 Å². The predicted octanol–water partition coefficient (Wildman–Crippen LogP) is 0.886. The van der Waals surface area contributed by atoms with E-state index in [1.807, 2.05) is 6.07 Å². The summed E-state index contributed by atoms with van der Waals surface area (Å²) >= 11 is 3.33. The molecule has 0 fully saturated rings. The zero-order valence-corrected chi connectivity index (χ0v) is 9.75. The second-order valence-corrected chi connectivity index (χ2v) is 3.93. The summed E-state index contributed by atoms with van der Waals surface area (Å²) in [5, 5.41) is 12.6. The Hall–Kier alpha value is -1.31. The summed E-state index contributed by atoms with van der Waals surface area (Å²) in [6, 6.07) is 2.95. The van der Waals surface area contributed by atoms with Gasteiger partial charge in [0.15, 0.2) is 0 Å². The summed E-state index contributed by atoms with van der Waals surface area (Å²) in [6.07, 6.45) is 1.63. The van der Waals surface area contributed by atoms with Crippen molar-refractivity contribution in [3.8, 4) is 11.5 Å². The average molecular weight is 285 g/mol. The SMILES string of the molecule is NC(CO)c1nc(-c2ncccc2Br)no1. The first-order chi connectivity index (χ1) is 7.72. The molecular weight excluding hydrogens is 276 g/mol. The Morgan fingerprint density at radius 3 is 3.06 bits per heavy atom. The maximum absolute atomic E-state index is 8.84. The molecule has 0 spiro atoms. The van der Waals surface area contributed by atoms with Crippen LogP contribution in [-0.2, 0) is 0 Å². The third-order valence-electron chi connectivity index (χ3n) is 1.93. The van der Waals surface area contributed by atoms with Crippen LogP contribution < -0.4 is 5.73 Å². The van der Waals surface area contributed by atoms with E-state index in [0.29, 0.717) is 11.5 Å². The fraction of sp³-hybridized carbons (Fsp3) is 0.222. The van der Waals surface area contributed by atoms with Gasteiger partial charge < -0.3 is 15.4 Å². The van der Waals surface area contributed by atoms with Crippen LogP contribution in [0.5, 0.6) is 0 Å². The molecule has 0 amide bonds. The summed E-state index contributed by atoms with van der Waals surface area (Å²) in [5.41, 5.74) is 6.12. The molecule has 3 N–H and O–H groups in total. The third kappa shape index (κ3) is 2.11. The average Bonchev–Trinajstić information content (AvgIpc) is 2.78. The van der Waals surface area contributed by atoms with Crippen molar-refractivity contribution >= 4 is 15.9 Å². The molecule has 84 valence electrons. The maximum Gasteiger partial charge on any atom is 0.246 e. The number of nitrogens with two attached hydrogens (primary N) is 1. The number of halogens is 1. The molecule has 0 aliphatic heterocycles. The second-order valence-electron chi connectivity index (χ2n) is 3.08. The number of pyridine rings is 1. The lowest BCUT2D eigenvalue weighted by molar-refractivity contribution is 0.237. The predicted molar refractivity (Wildman–Crippen MR) is 59.2 cm³/mol. The van der Waals surface area contributed by atoms with Gasteiger partial charge in [0.2, 0.25) is 11.7 Å². The van der Waals surface area contributed by atoms with Gasteiger partial charge in [0.1, 0.15) is 11.7 Å². The van der Waals surface area contributed by atoms with Crippen molar-refractivity contribution in [2.24, 2.45) is 5.73 Å². The molecule has 7 heteroatoms. The molecule has 2 heterocycles. The highest BCUT2D eigenvalue weighted by molar-refractivity contribution is 9.10. The normalized spacial score (nSPS) is 12.7. The molecule has 1 atom stereocenters. The zero-order chi connectivity index (χ0) is 11.5. The van der Waals surface area contributed by atoms with E-state index in [1.54, 1.807) is 12.3 Å². The van der Waals surface area contributed by atoms with Gasteiger partial charge in [0.25, 0.3) is 0 Å². The number of rotatable bonds is 3. The standard InChI is InChI=1S/C9H9BrN4O2/c10-5-2-1-3-12-7(5)8-13-9(16-14-8)6(11)4-15/h1-3,6,15H,4,11H2. The lowest BCUT2D eigenvalue weighted by atomic mass is 10.3. The lowest BCUT2D eigenvalue weighted by Gasteiger charge is -1.98. The van der Waals surface area contributed by atoms with E-state index >= 15 is 0 Å². The fourth-order valence-electron chi connectivity index (χ4n) is 1.11. The maximum atomic E-state index is 8.84. The van der Waals surface area contributed by atoms with Crippen molar-refractivity contribution in [3.63, 3.8) is 0 Å². The van der Waals surface area contributed by atoms with Crippen LogP contribution in [0.15, 0.2) is 27.3 Å². The molecule has 1 unspecified atom stereocenters. The zero-order valence-electron chi connectivity index (χ0n) is 8.17. The number of nitrogens with zero attached hydrogens (tertiary/aromatic N) is 3. The van der Waals surface area contributed by atoms with Crippen LogP contribution in [0.4, 0.5) is 0 Å². The summed E-state index contributed by atoms with van der Waals surface area (Å²) in [6.45, 7) is -0.245. The summed E-state index contributed by atoms with van der Waals surface area (Å²) in [5.74, 6) is 0.529. The van der Waals surface area contributed by atoms with Gasteiger partial charge in [-0.15, -0.1) is 0 Å². The number of aliphatic hydroxyl groups excluding tert-OH is 1. The Morgan fingerprint density at radius 2 is 2.38 bits per heavy atom. The first-order valence-corrected chi connectivity index (χ1v) is 5.32. The Balaban J connectivity index is 2.35. The van der Waals surface area contributed by atoms with Gasteiger partial charge in [-0.1, -0.05) is 5.16 Å². The Labute approximate surface area is 99.6 Å². The van der Waals surface area contributed by atoms with Crippen molar-refractivity contribution in [1.29, 1.82) is 0 Å². The van der Waals surface area contributed by atoms with E-state index in [2.05, 4.69) is 31.1 Å². The van der Waals surface area contributed by atoms with E-state index in [9.17, 15) is 0 Å². The van der Waals surface area contributed by atoms with Gasteiger partial charge in [-0.25, -0.2) is 0 Å². The van der Waals surface area contributed by atoms with E-state index in [1.165, 1.54) is 0 Å². The molecule has 0 radical (unpaired) electrons. The van der Waals surface area contributed by atoms with Crippen LogP contribution >= 0.6 is 15.9 Å². The molecule has 16 heavy (non-hydrogen) atoms. The van der Waals surface area contributed by atoms with Gasteiger partial charge in [-0.3, -0.25) is 4.98 Å². The number of aliphatic hydroxyl groups is 1. The van der Waals surface area contributed by atoms with Crippen LogP contribution in [0.2, 0.25) is 0 Å². The van der Waals surface area contributed by atoms with E-state index in [4.69, 9.17) is 15.4 Å². The molecule has 0 bridgehead atoms. The summed E-state index contributed by atoms with van der Waals surface area (Å²) < 4.78 is 5.68. The molecule has 0 aromatic carbocycles. The van der Waals surface area contributed by atoms with Crippen molar-refractivity contribution in [3.05, 3.63) is 28.7 Å². The molecule has 0 aliphatic rings. The summed E-state index contributed by atoms with van der Waals surface area (Å²) in [7, 11) is 0. The minimum Gasteiger partial charge on any atom is -0.394 e. The second kappa shape index (κ2) is 4.69. The third-order valence-corrected chi connectivity index (χ3v) is 2.57. The molecule has 0 saturated heterocycles. The van der Waals surface area contributed by atoms with Gasteiger partial charge in [-0.2, -0.15) is 4.98 Å². The molecule has 0 aliphatic carbocycles. The fourth-order valence-corrected chi connectivity index (χ4v) is 1.54. The summed E-state index contributed by atoms with van der Waals surface area (Å²) in [4.78, 5) is 8.17. The van der Waals surface area contributed by atoms with Gasteiger partial charge in [-0.05, 0) is 28.1 Å². The minimum atomic E-state index is -0.663. The first-order valence-electron chi connectivity index (χ1n) is 4.53. The largest absolute Gasteiger partial charge is 0.394 e. The van der Waals surface area contributed by atoms with Crippen molar-refractivity contribution < 1.29 is 9.63 Å². The first kappa shape index (κ1) is 11.2. The monoisotopic (exact) mass is 284 g/mol. The van der Waals surface area contributed by atoms with Crippen LogP contribution in [-0.4, -0.2) is 26.8 Å². The lowest BCUT2D eigenvalue weighted by Crippen LogP contribution is -2.14. The molecule has 6 nitrogen and oxygen atoms in total. The Morgan fingerprint density at radius 1 is 1.56 bits per heavy atom. The van der Waals surface area contributed by atoms with E-state index in [-0.39, 0.29) is 12.5 Å². The number of aromatic nitrogens is 3. The topological polar surface area (TPSA) is 98.1 Å². The molecule has 2 aromatic heterocycles. The number of hydrogen-bond donors (Lipinski definition) is 2. The highest BCUT2D eigenvalue weighted by atomic mass is 79.9.